The summed E-state index contributed by atoms with van der Waals surface area (Å²) in [5.41, 5.74) is -0.141. The lowest BCUT2D eigenvalue weighted by Gasteiger charge is -2.39. The highest BCUT2D eigenvalue weighted by Gasteiger charge is 2.46. The van der Waals surface area contributed by atoms with Gasteiger partial charge in [0.1, 0.15) is 5.60 Å². The van der Waals surface area contributed by atoms with Gasteiger partial charge in [0, 0.05) is 29.8 Å². The van der Waals surface area contributed by atoms with Crippen molar-refractivity contribution in [3.8, 4) is 17.0 Å². The van der Waals surface area contributed by atoms with Gasteiger partial charge in [-0.05, 0) is 49.3 Å². The van der Waals surface area contributed by atoms with Crippen LogP contribution in [0.15, 0.2) is 97.2 Å². The molecule has 4 nitrogen and oxygen atoms in total. The van der Waals surface area contributed by atoms with Gasteiger partial charge in [-0.3, -0.25) is 0 Å². The Morgan fingerprint density at radius 3 is 2.05 bits per heavy atom. The SMILES string of the molecule is COc1ncc(-c2ccccc2)cc1C(c1ccccc1C(F)(F)F)C(O)(CCN(C)C)c1ccccc1. The first-order chi connectivity index (χ1) is 18.1. The Bertz CT molecular complexity index is 1340. The molecule has 0 fully saturated rings. The van der Waals surface area contributed by atoms with E-state index in [9.17, 15) is 18.3 Å². The van der Waals surface area contributed by atoms with Crippen LogP contribution in [-0.2, 0) is 11.8 Å². The third kappa shape index (κ3) is 5.74. The summed E-state index contributed by atoms with van der Waals surface area (Å²) < 4.78 is 48.9. The third-order valence-electron chi connectivity index (χ3n) is 6.76. The first kappa shape index (κ1) is 27.4. The van der Waals surface area contributed by atoms with Gasteiger partial charge in [-0.25, -0.2) is 4.98 Å². The number of alkyl halides is 3. The van der Waals surface area contributed by atoms with Crippen molar-refractivity contribution >= 4 is 0 Å². The minimum atomic E-state index is -4.63. The van der Waals surface area contributed by atoms with Crippen LogP contribution in [0.4, 0.5) is 13.2 Å². The Hall–Kier alpha value is -3.68. The van der Waals surface area contributed by atoms with E-state index in [2.05, 4.69) is 4.98 Å². The minimum Gasteiger partial charge on any atom is -0.481 e. The van der Waals surface area contributed by atoms with E-state index in [1.165, 1.54) is 19.2 Å². The van der Waals surface area contributed by atoms with Crippen molar-refractivity contribution in [1.82, 2.24) is 9.88 Å². The largest absolute Gasteiger partial charge is 0.481 e. The summed E-state index contributed by atoms with van der Waals surface area (Å²) in [5, 5.41) is 12.6. The molecule has 0 spiro atoms. The molecule has 198 valence electrons. The van der Waals surface area contributed by atoms with Crippen LogP contribution < -0.4 is 4.74 Å². The fraction of sp³-hybridized carbons (Fsp3) is 0.258. The van der Waals surface area contributed by atoms with Crippen LogP contribution in [0.25, 0.3) is 11.1 Å². The molecule has 0 radical (unpaired) electrons. The molecule has 1 heterocycles. The normalized spacial score (nSPS) is 14.2. The van der Waals surface area contributed by atoms with E-state index in [-0.39, 0.29) is 17.9 Å². The molecule has 0 saturated heterocycles. The minimum absolute atomic E-state index is 0.0459. The Morgan fingerprint density at radius 2 is 1.45 bits per heavy atom. The molecule has 4 rings (SSSR count). The monoisotopic (exact) mass is 520 g/mol. The molecule has 2 atom stereocenters. The predicted octanol–water partition coefficient (Wildman–Crippen LogP) is 6.75. The first-order valence-corrected chi connectivity index (χ1v) is 12.3. The maximum atomic E-state index is 14.4. The zero-order valence-electron chi connectivity index (χ0n) is 21.6. The number of aliphatic hydroxyl groups is 1. The van der Waals surface area contributed by atoms with Crippen molar-refractivity contribution in [3.05, 3.63) is 119 Å². The van der Waals surface area contributed by atoms with Crippen LogP contribution in [0.2, 0.25) is 0 Å². The van der Waals surface area contributed by atoms with Gasteiger partial charge in [-0.1, -0.05) is 78.9 Å². The molecule has 7 heteroatoms. The van der Waals surface area contributed by atoms with Gasteiger partial charge in [0.15, 0.2) is 0 Å². The second-order valence-corrected chi connectivity index (χ2v) is 9.55. The second kappa shape index (κ2) is 11.4. The van der Waals surface area contributed by atoms with Gasteiger partial charge in [-0.15, -0.1) is 0 Å². The molecule has 0 saturated carbocycles. The van der Waals surface area contributed by atoms with E-state index < -0.39 is 23.3 Å². The van der Waals surface area contributed by atoms with Crippen molar-refractivity contribution < 1.29 is 23.0 Å². The summed E-state index contributed by atoms with van der Waals surface area (Å²) in [6.07, 6.45) is -2.84. The standard InChI is InChI=1S/C31H31F3N2O2/c1-36(2)19-18-30(37,24-14-8-5-9-15-24)28(25-16-10-11-17-27(25)31(32,33)34)26-20-23(21-35-29(26)38-3)22-12-6-4-7-13-22/h4-17,20-21,28,37H,18-19H2,1-3H3. The fourth-order valence-electron chi connectivity index (χ4n) is 4.90. The van der Waals surface area contributed by atoms with Gasteiger partial charge in [0.25, 0.3) is 0 Å². The number of rotatable bonds is 9. The number of benzene rings is 3. The number of ether oxygens (including phenoxy) is 1. The highest BCUT2D eigenvalue weighted by molar-refractivity contribution is 5.65. The molecular formula is C31H31F3N2O2. The molecule has 0 aliphatic carbocycles. The van der Waals surface area contributed by atoms with Crippen molar-refractivity contribution in [2.45, 2.75) is 24.1 Å². The Balaban J connectivity index is 2.07. The molecular weight excluding hydrogens is 489 g/mol. The number of pyridine rings is 1. The molecule has 38 heavy (non-hydrogen) atoms. The van der Waals surface area contributed by atoms with Gasteiger partial charge < -0.3 is 14.7 Å². The summed E-state index contributed by atoms with van der Waals surface area (Å²) in [5.74, 6) is -0.986. The Morgan fingerprint density at radius 1 is 0.842 bits per heavy atom. The number of halogens is 3. The summed E-state index contributed by atoms with van der Waals surface area (Å²) in [6, 6.07) is 25.5. The van der Waals surface area contributed by atoms with Crippen molar-refractivity contribution in [2.24, 2.45) is 0 Å². The molecule has 1 N–H and O–H groups in total. The van der Waals surface area contributed by atoms with E-state index in [1.807, 2.05) is 55.4 Å². The highest BCUT2D eigenvalue weighted by atomic mass is 19.4. The van der Waals surface area contributed by atoms with E-state index >= 15 is 0 Å². The summed E-state index contributed by atoms with van der Waals surface area (Å²) >= 11 is 0. The zero-order chi connectivity index (χ0) is 27.3. The van der Waals surface area contributed by atoms with Crippen molar-refractivity contribution in [3.63, 3.8) is 0 Å². The van der Waals surface area contributed by atoms with Gasteiger partial charge in [0.05, 0.1) is 12.7 Å². The molecule has 1 aromatic heterocycles. The van der Waals surface area contributed by atoms with Crippen molar-refractivity contribution in [1.29, 1.82) is 0 Å². The van der Waals surface area contributed by atoms with E-state index in [4.69, 9.17) is 4.74 Å². The van der Waals surface area contributed by atoms with E-state index in [1.54, 1.807) is 42.6 Å². The first-order valence-electron chi connectivity index (χ1n) is 12.3. The Labute approximate surface area is 221 Å². The summed E-state index contributed by atoms with van der Waals surface area (Å²) in [7, 11) is 5.16. The van der Waals surface area contributed by atoms with Crippen LogP contribution in [0, 0.1) is 0 Å². The molecule has 0 amide bonds. The maximum Gasteiger partial charge on any atom is 0.416 e. The van der Waals surface area contributed by atoms with Crippen molar-refractivity contribution in [2.75, 3.05) is 27.7 Å². The molecule has 0 aliphatic heterocycles. The Kier molecular flexibility index (Phi) is 8.19. The third-order valence-corrected chi connectivity index (χ3v) is 6.76. The molecule has 3 aromatic carbocycles. The smallest absolute Gasteiger partial charge is 0.416 e. The van der Waals surface area contributed by atoms with Crippen LogP contribution in [-0.4, -0.2) is 42.7 Å². The lowest BCUT2D eigenvalue weighted by molar-refractivity contribution is -0.139. The predicted molar refractivity (Wildman–Crippen MR) is 143 cm³/mol. The van der Waals surface area contributed by atoms with Crippen LogP contribution in [0.3, 0.4) is 0 Å². The highest BCUT2D eigenvalue weighted by Crippen LogP contribution is 2.50. The van der Waals surface area contributed by atoms with Gasteiger partial charge >= 0.3 is 6.18 Å². The molecule has 2 unspecified atom stereocenters. The number of methoxy groups -OCH3 is 1. The summed E-state index contributed by atoms with van der Waals surface area (Å²) in [4.78, 5) is 6.39. The topological polar surface area (TPSA) is 45.6 Å². The van der Waals surface area contributed by atoms with Crippen LogP contribution in [0.1, 0.15) is 34.6 Å². The zero-order valence-corrected chi connectivity index (χ0v) is 21.6. The van der Waals surface area contributed by atoms with E-state index in [0.717, 1.165) is 11.6 Å². The average Bonchev–Trinajstić information content (AvgIpc) is 2.92. The number of aromatic nitrogens is 1. The second-order valence-electron chi connectivity index (χ2n) is 9.55. The maximum absolute atomic E-state index is 14.4. The van der Waals surface area contributed by atoms with Gasteiger partial charge in [-0.2, -0.15) is 13.2 Å². The molecule has 4 aromatic rings. The van der Waals surface area contributed by atoms with Gasteiger partial charge in [0.2, 0.25) is 5.88 Å². The lowest BCUT2D eigenvalue weighted by Crippen LogP contribution is -2.38. The fourth-order valence-corrected chi connectivity index (χ4v) is 4.90. The number of hydrogen-bond donors (Lipinski definition) is 1. The number of nitrogens with zero attached hydrogens (tertiary/aromatic N) is 2. The number of hydrogen-bond acceptors (Lipinski definition) is 4. The molecule has 0 aliphatic rings. The average molecular weight is 521 g/mol. The molecule has 0 bridgehead atoms. The quantitative estimate of drug-likeness (QED) is 0.265. The summed E-state index contributed by atoms with van der Waals surface area (Å²) in [6.45, 7) is 0.435. The van der Waals surface area contributed by atoms with Crippen LogP contribution >= 0.6 is 0 Å². The van der Waals surface area contributed by atoms with E-state index in [0.29, 0.717) is 23.2 Å². The van der Waals surface area contributed by atoms with Crippen LogP contribution in [0.5, 0.6) is 5.88 Å². The lowest BCUT2D eigenvalue weighted by atomic mass is 9.70.